The third-order valence-electron chi connectivity index (χ3n) is 2.58. The monoisotopic (exact) mass is 285 g/mol. The van der Waals surface area contributed by atoms with Gasteiger partial charge in [0.1, 0.15) is 0 Å². The van der Waals surface area contributed by atoms with E-state index in [1.165, 1.54) is 0 Å². The highest BCUT2D eigenvalue weighted by Gasteiger charge is 2.51. The number of hydrogen-bond acceptors (Lipinski definition) is 3. The lowest BCUT2D eigenvalue weighted by Crippen LogP contribution is -2.30. The number of ether oxygens (including phenoxy) is 1. The first-order chi connectivity index (χ1) is 7.22. The Morgan fingerprint density at radius 3 is 3.13 bits per heavy atom. The SMILES string of the molecule is O=C1Nc2ccc(Br)cc2C12OCCS2. The molecule has 15 heavy (non-hydrogen) atoms. The number of anilines is 1. The van der Waals surface area contributed by atoms with Gasteiger partial charge in [0.15, 0.2) is 0 Å². The van der Waals surface area contributed by atoms with Gasteiger partial charge in [0.2, 0.25) is 4.93 Å². The minimum absolute atomic E-state index is 0.0573. The molecule has 2 heterocycles. The van der Waals surface area contributed by atoms with E-state index in [0.29, 0.717) is 6.61 Å². The molecular formula is C10H8BrNO2S. The van der Waals surface area contributed by atoms with Crippen LogP contribution in [0.5, 0.6) is 0 Å². The molecule has 0 aromatic heterocycles. The zero-order valence-corrected chi connectivity index (χ0v) is 10.2. The molecule has 1 amide bonds. The standard InChI is InChI=1S/C10H8BrNO2S/c11-6-1-2-8-7(5-6)10(9(13)12-8)14-3-4-15-10/h1-2,5H,3-4H2,(H,12,13). The second-order valence-electron chi connectivity index (χ2n) is 3.46. The van der Waals surface area contributed by atoms with E-state index < -0.39 is 4.93 Å². The van der Waals surface area contributed by atoms with Gasteiger partial charge in [0.05, 0.1) is 6.61 Å². The molecule has 1 spiro atoms. The van der Waals surface area contributed by atoms with Gasteiger partial charge < -0.3 is 10.1 Å². The fourth-order valence-electron chi connectivity index (χ4n) is 1.92. The highest BCUT2D eigenvalue weighted by molar-refractivity contribution is 9.10. The number of halogens is 1. The molecule has 3 rings (SSSR count). The Morgan fingerprint density at radius 2 is 2.40 bits per heavy atom. The van der Waals surface area contributed by atoms with Crippen molar-refractivity contribution in [2.75, 3.05) is 17.7 Å². The van der Waals surface area contributed by atoms with E-state index in [2.05, 4.69) is 21.2 Å². The molecule has 1 aromatic rings. The molecule has 1 aromatic carbocycles. The number of nitrogens with one attached hydrogen (secondary N) is 1. The van der Waals surface area contributed by atoms with Crippen LogP contribution in [-0.2, 0) is 14.5 Å². The molecule has 2 aliphatic heterocycles. The van der Waals surface area contributed by atoms with Gasteiger partial charge in [-0.1, -0.05) is 15.9 Å². The van der Waals surface area contributed by atoms with E-state index in [-0.39, 0.29) is 5.91 Å². The summed E-state index contributed by atoms with van der Waals surface area (Å²) in [6, 6.07) is 5.76. The average Bonchev–Trinajstić information content (AvgIpc) is 2.78. The van der Waals surface area contributed by atoms with Gasteiger partial charge in [0.25, 0.3) is 5.91 Å². The summed E-state index contributed by atoms with van der Waals surface area (Å²) in [5, 5.41) is 2.85. The third-order valence-corrected chi connectivity index (χ3v) is 4.37. The Labute approximate surface area is 99.7 Å². The highest BCUT2D eigenvalue weighted by atomic mass is 79.9. The molecule has 1 fully saturated rings. The molecule has 5 heteroatoms. The number of hydrogen-bond donors (Lipinski definition) is 1. The predicted molar refractivity (Wildman–Crippen MR) is 62.9 cm³/mol. The van der Waals surface area contributed by atoms with Crippen molar-refractivity contribution >= 4 is 39.3 Å². The Bertz CT molecular complexity index is 443. The maximum atomic E-state index is 11.9. The van der Waals surface area contributed by atoms with Crippen LogP contribution in [-0.4, -0.2) is 18.3 Å². The van der Waals surface area contributed by atoms with Crippen LogP contribution >= 0.6 is 27.7 Å². The van der Waals surface area contributed by atoms with Gasteiger partial charge in [-0.25, -0.2) is 0 Å². The smallest absolute Gasteiger partial charge is 0.272 e. The lowest BCUT2D eigenvalue weighted by atomic mass is 10.1. The van der Waals surface area contributed by atoms with Gasteiger partial charge in [-0.15, -0.1) is 11.8 Å². The summed E-state index contributed by atoms with van der Waals surface area (Å²) in [5.74, 6) is 0.803. The van der Waals surface area contributed by atoms with Crippen molar-refractivity contribution in [2.24, 2.45) is 0 Å². The molecule has 1 N–H and O–H groups in total. The lowest BCUT2D eigenvalue weighted by molar-refractivity contribution is -0.128. The van der Waals surface area contributed by atoms with E-state index in [1.54, 1.807) is 11.8 Å². The normalized spacial score (nSPS) is 28.2. The van der Waals surface area contributed by atoms with Crippen LogP contribution in [0.4, 0.5) is 5.69 Å². The van der Waals surface area contributed by atoms with Crippen LogP contribution in [0.3, 0.4) is 0 Å². The van der Waals surface area contributed by atoms with Crippen LogP contribution in [0.2, 0.25) is 0 Å². The number of carbonyl (C=O) groups is 1. The molecule has 1 unspecified atom stereocenters. The summed E-state index contributed by atoms with van der Waals surface area (Å²) in [7, 11) is 0. The molecule has 1 saturated heterocycles. The topological polar surface area (TPSA) is 38.3 Å². The van der Waals surface area contributed by atoms with E-state index in [9.17, 15) is 4.79 Å². The van der Waals surface area contributed by atoms with Crippen molar-refractivity contribution in [1.82, 2.24) is 0 Å². The molecule has 3 nitrogen and oxygen atoms in total. The van der Waals surface area contributed by atoms with Gasteiger partial charge in [-0.2, -0.15) is 0 Å². The predicted octanol–water partition coefficient (Wildman–Crippen LogP) is 2.32. The summed E-state index contributed by atoms with van der Waals surface area (Å²) in [5.41, 5.74) is 1.79. The molecule has 1 atom stereocenters. The van der Waals surface area contributed by atoms with Crippen LogP contribution in [0, 0.1) is 0 Å². The van der Waals surface area contributed by atoms with Crippen molar-refractivity contribution in [1.29, 1.82) is 0 Å². The number of rotatable bonds is 0. The number of carbonyl (C=O) groups excluding carboxylic acids is 1. The quantitative estimate of drug-likeness (QED) is 0.795. The summed E-state index contributed by atoms with van der Waals surface area (Å²) >= 11 is 4.97. The molecular weight excluding hydrogens is 278 g/mol. The number of benzene rings is 1. The molecule has 0 bridgehead atoms. The number of amides is 1. The summed E-state index contributed by atoms with van der Waals surface area (Å²) in [6.45, 7) is 0.629. The summed E-state index contributed by atoms with van der Waals surface area (Å²) in [4.78, 5) is 11.1. The second kappa shape index (κ2) is 3.23. The largest absolute Gasteiger partial charge is 0.350 e. The van der Waals surface area contributed by atoms with E-state index in [1.807, 2.05) is 18.2 Å². The van der Waals surface area contributed by atoms with E-state index in [0.717, 1.165) is 21.5 Å². The number of thioether (sulfide) groups is 1. The Morgan fingerprint density at radius 1 is 1.53 bits per heavy atom. The first kappa shape index (κ1) is 9.69. The van der Waals surface area contributed by atoms with Crippen LogP contribution in [0.1, 0.15) is 5.56 Å². The molecule has 2 aliphatic rings. The second-order valence-corrected chi connectivity index (χ2v) is 5.65. The van der Waals surface area contributed by atoms with Crippen molar-refractivity contribution in [3.63, 3.8) is 0 Å². The maximum absolute atomic E-state index is 11.9. The molecule has 0 aliphatic carbocycles. The molecule has 78 valence electrons. The lowest BCUT2D eigenvalue weighted by Gasteiger charge is -2.19. The highest BCUT2D eigenvalue weighted by Crippen LogP contribution is 2.50. The summed E-state index contributed by atoms with van der Waals surface area (Å²) in [6.07, 6.45) is 0. The Hall–Kier alpha value is -0.520. The fraction of sp³-hybridized carbons (Fsp3) is 0.300. The van der Waals surface area contributed by atoms with Crippen molar-refractivity contribution in [3.05, 3.63) is 28.2 Å². The minimum Gasteiger partial charge on any atom is -0.350 e. The van der Waals surface area contributed by atoms with Gasteiger partial charge in [-0.3, -0.25) is 4.79 Å². The van der Waals surface area contributed by atoms with Crippen molar-refractivity contribution < 1.29 is 9.53 Å². The van der Waals surface area contributed by atoms with Crippen molar-refractivity contribution in [3.8, 4) is 0 Å². The Balaban J connectivity index is 2.19. The number of fused-ring (bicyclic) bond motifs is 2. The third kappa shape index (κ3) is 1.26. The molecule has 0 saturated carbocycles. The van der Waals surface area contributed by atoms with Crippen LogP contribution in [0.25, 0.3) is 0 Å². The Kier molecular flexibility index (Phi) is 2.09. The zero-order chi connectivity index (χ0) is 10.5. The van der Waals surface area contributed by atoms with Gasteiger partial charge in [-0.05, 0) is 18.2 Å². The first-order valence-corrected chi connectivity index (χ1v) is 6.40. The molecule has 0 radical (unpaired) electrons. The van der Waals surface area contributed by atoms with Gasteiger partial charge >= 0.3 is 0 Å². The van der Waals surface area contributed by atoms with Crippen LogP contribution < -0.4 is 5.32 Å². The average molecular weight is 286 g/mol. The zero-order valence-electron chi connectivity index (χ0n) is 7.75. The first-order valence-electron chi connectivity index (χ1n) is 4.62. The van der Waals surface area contributed by atoms with E-state index in [4.69, 9.17) is 4.74 Å². The van der Waals surface area contributed by atoms with E-state index >= 15 is 0 Å². The van der Waals surface area contributed by atoms with Crippen molar-refractivity contribution in [2.45, 2.75) is 4.93 Å². The van der Waals surface area contributed by atoms with Crippen LogP contribution in [0.15, 0.2) is 22.7 Å². The maximum Gasteiger partial charge on any atom is 0.272 e. The summed E-state index contributed by atoms with van der Waals surface area (Å²) < 4.78 is 6.59. The van der Waals surface area contributed by atoms with Gasteiger partial charge in [0, 0.05) is 21.5 Å². The minimum atomic E-state index is -0.793. The fourth-order valence-corrected chi connectivity index (χ4v) is 3.41.